The van der Waals surface area contributed by atoms with Crippen LogP contribution in [0.3, 0.4) is 0 Å². The second-order valence-corrected chi connectivity index (χ2v) is 2.24. The van der Waals surface area contributed by atoms with E-state index in [1.165, 1.54) is 0 Å². The van der Waals surface area contributed by atoms with Crippen molar-refractivity contribution in [2.75, 3.05) is 19.7 Å². The largest absolute Gasteiger partial charge is 0.461 e. The first-order valence-corrected chi connectivity index (χ1v) is 3.51. The molecule has 1 N–H and O–H groups in total. The van der Waals surface area contributed by atoms with E-state index in [0.717, 1.165) is 0 Å². The molecule has 0 radical (unpaired) electrons. The van der Waals surface area contributed by atoms with Crippen molar-refractivity contribution in [3.05, 3.63) is 11.4 Å². The van der Waals surface area contributed by atoms with Crippen molar-refractivity contribution >= 4 is 18.4 Å². The molecular formula is C7H11ClFNO2. The van der Waals surface area contributed by atoms with E-state index >= 15 is 0 Å². The summed E-state index contributed by atoms with van der Waals surface area (Å²) >= 11 is 0. The van der Waals surface area contributed by atoms with E-state index in [-0.39, 0.29) is 19.0 Å². The molecule has 0 saturated carbocycles. The number of rotatable bonds is 2. The van der Waals surface area contributed by atoms with E-state index in [9.17, 15) is 9.18 Å². The molecule has 5 heteroatoms. The van der Waals surface area contributed by atoms with Crippen molar-refractivity contribution in [3.8, 4) is 0 Å². The lowest BCUT2D eigenvalue weighted by atomic mass is 10.1. The monoisotopic (exact) mass is 195 g/mol. The number of halogens is 2. The fraction of sp³-hybridized carbons (Fsp3) is 0.571. The molecule has 1 heterocycles. The Morgan fingerprint density at radius 3 is 2.58 bits per heavy atom. The molecule has 12 heavy (non-hydrogen) atoms. The second kappa shape index (κ2) is 5.11. The van der Waals surface area contributed by atoms with Gasteiger partial charge in [-0.15, -0.1) is 12.4 Å². The van der Waals surface area contributed by atoms with Crippen molar-refractivity contribution in [3.63, 3.8) is 0 Å². The van der Waals surface area contributed by atoms with Crippen LogP contribution in [0.1, 0.15) is 6.92 Å². The molecule has 0 aromatic carbocycles. The standard InChI is InChI=1S/C7H10FNO2.ClH/c1-2-11-7(10)6(8)5-3-9-4-5;/h9H,2-4H2,1H3;1H. The van der Waals surface area contributed by atoms with E-state index in [2.05, 4.69) is 10.1 Å². The summed E-state index contributed by atoms with van der Waals surface area (Å²) in [5.41, 5.74) is 0.503. The Morgan fingerprint density at radius 1 is 1.67 bits per heavy atom. The summed E-state index contributed by atoms with van der Waals surface area (Å²) in [6.45, 7) is 2.79. The van der Waals surface area contributed by atoms with Gasteiger partial charge in [0.25, 0.3) is 0 Å². The third-order valence-electron chi connectivity index (χ3n) is 1.44. The highest BCUT2D eigenvalue weighted by Gasteiger charge is 2.20. The number of hydrogen-bond donors (Lipinski definition) is 1. The minimum absolute atomic E-state index is 0. The van der Waals surface area contributed by atoms with Crippen LogP contribution in [0.4, 0.5) is 4.39 Å². The summed E-state index contributed by atoms with van der Waals surface area (Å²) in [7, 11) is 0. The topological polar surface area (TPSA) is 38.3 Å². The number of carbonyl (C=O) groups excluding carboxylic acids is 1. The Hall–Kier alpha value is -0.610. The molecule has 1 aliphatic rings. The molecule has 0 amide bonds. The summed E-state index contributed by atoms with van der Waals surface area (Å²) < 4.78 is 17.3. The normalized spacial score (nSPS) is 14.3. The molecule has 1 saturated heterocycles. The summed E-state index contributed by atoms with van der Waals surface area (Å²) in [5.74, 6) is -1.57. The van der Waals surface area contributed by atoms with Gasteiger partial charge >= 0.3 is 5.97 Å². The highest BCUT2D eigenvalue weighted by Crippen LogP contribution is 2.11. The van der Waals surface area contributed by atoms with Gasteiger partial charge in [-0.1, -0.05) is 0 Å². The molecule has 1 rings (SSSR count). The fourth-order valence-corrected chi connectivity index (χ4v) is 0.744. The van der Waals surface area contributed by atoms with Crippen molar-refractivity contribution in [2.24, 2.45) is 0 Å². The molecule has 0 spiro atoms. The quantitative estimate of drug-likeness (QED) is 0.523. The van der Waals surface area contributed by atoms with Crippen molar-refractivity contribution < 1.29 is 13.9 Å². The summed E-state index contributed by atoms with van der Waals surface area (Å²) in [6, 6.07) is 0. The summed E-state index contributed by atoms with van der Waals surface area (Å²) in [6.07, 6.45) is 0. The Morgan fingerprint density at radius 2 is 2.25 bits per heavy atom. The van der Waals surface area contributed by atoms with Crippen LogP contribution in [0.25, 0.3) is 0 Å². The lowest BCUT2D eigenvalue weighted by molar-refractivity contribution is -0.140. The third-order valence-corrected chi connectivity index (χ3v) is 1.44. The number of hydrogen-bond acceptors (Lipinski definition) is 3. The Balaban J connectivity index is 0.00000121. The van der Waals surface area contributed by atoms with Gasteiger partial charge in [-0.3, -0.25) is 0 Å². The lowest BCUT2D eigenvalue weighted by Crippen LogP contribution is -2.35. The van der Waals surface area contributed by atoms with Crippen LogP contribution in [-0.2, 0) is 9.53 Å². The second-order valence-electron chi connectivity index (χ2n) is 2.24. The van der Waals surface area contributed by atoms with Crippen molar-refractivity contribution in [1.82, 2.24) is 5.32 Å². The van der Waals surface area contributed by atoms with Gasteiger partial charge in [0, 0.05) is 18.7 Å². The van der Waals surface area contributed by atoms with Gasteiger partial charge in [0.05, 0.1) is 6.61 Å². The summed E-state index contributed by atoms with van der Waals surface area (Å²) in [5, 5.41) is 2.83. The maximum atomic E-state index is 12.8. The molecule has 1 aliphatic heterocycles. The lowest BCUT2D eigenvalue weighted by Gasteiger charge is -2.18. The van der Waals surface area contributed by atoms with E-state index in [1.54, 1.807) is 6.92 Å². The first-order valence-electron chi connectivity index (χ1n) is 3.51. The van der Waals surface area contributed by atoms with Gasteiger partial charge in [0.2, 0.25) is 5.83 Å². The van der Waals surface area contributed by atoms with Crippen molar-refractivity contribution in [1.29, 1.82) is 0 Å². The van der Waals surface area contributed by atoms with Gasteiger partial charge in [-0.25, -0.2) is 4.79 Å². The first kappa shape index (κ1) is 11.4. The predicted molar refractivity (Wildman–Crippen MR) is 44.9 cm³/mol. The molecule has 0 atom stereocenters. The molecule has 0 bridgehead atoms. The van der Waals surface area contributed by atoms with E-state index in [4.69, 9.17) is 0 Å². The average Bonchev–Trinajstić information content (AvgIpc) is 1.84. The maximum Gasteiger partial charge on any atom is 0.367 e. The highest BCUT2D eigenvalue weighted by molar-refractivity contribution is 5.87. The van der Waals surface area contributed by atoms with Crippen LogP contribution in [0, 0.1) is 0 Å². The van der Waals surface area contributed by atoms with Gasteiger partial charge in [-0.05, 0) is 6.92 Å². The van der Waals surface area contributed by atoms with Gasteiger partial charge in [0.1, 0.15) is 0 Å². The van der Waals surface area contributed by atoms with E-state index in [0.29, 0.717) is 18.7 Å². The zero-order valence-electron chi connectivity index (χ0n) is 6.72. The van der Waals surface area contributed by atoms with Crippen LogP contribution in [0.5, 0.6) is 0 Å². The number of esters is 1. The molecule has 70 valence electrons. The van der Waals surface area contributed by atoms with Crippen LogP contribution in [-0.4, -0.2) is 25.7 Å². The first-order chi connectivity index (χ1) is 5.25. The minimum atomic E-state index is -0.844. The van der Waals surface area contributed by atoms with Crippen LogP contribution < -0.4 is 5.32 Å². The zero-order chi connectivity index (χ0) is 8.27. The van der Waals surface area contributed by atoms with Gasteiger partial charge in [-0.2, -0.15) is 4.39 Å². The van der Waals surface area contributed by atoms with E-state index in [1.807, 2.05) is 0 Å². The Kier molecular flexibility index (Phi) is 4.85. The Bertz CT molecular complexity index is 200. The molecule has 0 unspecified atom stereocenters. The smallest absolute Gasteiger partial charge is 0.367 e. The maximum absolute atomic E-state index is 12.8. The third kappa shape index (κ3) is 2.46. The van der Waals surface area contributed by atoms with E-state index < -0.39 is 11.8 Å². The number of nitrogens with one attached hydrogen (secondary N) is 1. The molecule has 3 nitrogen and oxygen atoms in total. The fourth-order valence-electron chi connectivity index (χ4n) is 0.744. The van der Waals surface area contributed by atoms with Crippen LogP contribution in [0.2, 0.25) is 0 Å². The zero-order valence-corrected chi connectivity index (χ0v) is 7.54. The van der Waals surface area contributed by atoms with Crippen LogP contribution >= 0.6 is 12.4 Å². The Labute approximate surface area is 76.4 Å². The molecular weight excluding hydrogens is 185 g/mol. The van der Waals surface area contributed by atoms with Gasteiger partial charge in [0.15, 0.2) is 0 Å². The molecule has 0 aromatic rings. The van der Waals surface area contributed by atoms with Crippen molar-refractivity contribution in [2.45, 2.75) is 6.92 Å². The summed E-state index contributed by atoms with van der Waals surface area (Å²) in [4.78, 5) is 10.7. The SMILES string of the molecule is CCOC(=O)C(F)=C1CNC1.Cl. The predicted octanol–water partition coefficient (Wildman–Crippen LogP) is 0.798. The molecule has 0 aromatic heterocycles. The molecule has 0 aliphatic carbocycles. The van der Waals surface area contributed by atoms with Gasteiger partial charge < -0.3 is 10.1 Å². The molecule has 1 fully saturated rings. The highest BCUT2D eigenvalue weighted by atomic mass is 35.5. The number of ether oxygens (including phenoxy) is 1. The van der Waals surface area contributed by atoms with Crippen LogP contribution in [0.15, 0.2) is 11.4 Å². The average molecular weight is 196 g/mol. The number of carbonyl (C=O) groups is 1. The minimum Gasteiger partial charge on any atom is -0.461 e.